The number of hydrogen-bond donors (Lipinski definition) is 1. The molecule has 0 aliphatic heterocycles. The van der Waals surface area contributed by atoms with Crippen LogP contribution in [0, 0.1) is 5.41 Å². The molecule has 0 aliphatic rings. The lowest BCUT2D eigenvalue weighted by atomic mass is 9.86. The predicted octanol–water partition coefficient (Wildman–Crippen LogP) is 1.97. The highest BCUT2D eigenvalue weighted by atomic mass is 16.3. The Morgan fingerprint density at radius 2 is 1.88 bits per heavy atom. The number of aromatic nitrogens is 3. The largest absolute Gasteiger partial charge is 0.392 e. The Bertz CT molecular complexity index is 519. The van der Waals surface area contributed by atoms with Crippen LogP contribution in [0.5, 0.6) is 0 Å². The number of nitrogens with zero attached hydrogens (tertiary/aromatic N) is 3. The van der Waals surface area contributed by atoms with Crippen LogP contribution in [0.1, 0.15) is 26.5 Å². The van der Waals surface area contributed by atoms with Crippen molar-refractivity contribution in [3.05, 3.63) is 30.2 Å². The van der Waals surface area contributed by atoms with E-state index >= 15 is 0 Å². The Kier molecular flexibility index (Phi) is 3.07. The maximum atomic E-state index is 10.0. The standard InChI is InChI=1S/C13H17N3O/c1-13(2,3)11(17)8-9-4-5-10-12(16-9)15-7-6-14-10/h4-7,11,17H,8H2,1-3H3. The molecule has 2 heterocycles. The zero-order chi connectivity index (χ0) is 12.5. The van der Waals surface area contributed by atoms with Gasteiger partial charge < -0.3 is 5.11 Å². The van der Waals surface area contributed by atoms with Crippen molar-refractivity contribution < 1.29 is 5.11 Å². The summed E-state index contributed by atoms with van der Waals surface area (Å²) < 4.78 is 0. The zero-order valence-corrected chi connectivity index (χ0v) is 10.4. The molecule has 0 fully saturated rings. The predicted molar refractivity (Wildman–Crippen MR) is 66.5 cm³/mol. The number of aliphatic hydroxyl groups excluding tert-OH is 1. The summed E-state index contributed by atoms with van der Waals surface area (Å²) in [7, 11) is 0. The molecular weight excluding hydrogens is 214 g/mol. The maximum Gasteiger partial charge on any atom is 0.178 e. The monoisotopic (exact) mass is 231 g/mol. The van der Waals surface area contributed by atoms with Crippen molar-refractivity contribution in [1.82, 2.24) is 15.0 Å². The summed E-state index contributed by atoms with van der Waals surface area (Å²) in [6.45, 7) is 6.04. The second-order valence-electron chi connectivity index (χ2n) is 5.29. The molecule has 1 N–H and O–H groups in total. The molecule has 2 aromatic heterocycles. The lowest BCUT2D eigenvalue weighted by molar-refractivity contribution is 0.0628. The second-order valence-corrected chi connectivity index (χ2v) is 5.29. The van der Waals surface area contributed by atoms with E-state index in [1.54, 1.807) is 12.4 Å². The third-order valence-electron chi connectivity index (χ3n) is 2.79. The first-order chi connectivity index (χ1) is 7.97. The smallest absolute Gasteiger partial charge is 0.178 e. The van der Waals surface area contributed by atoms with E-state index < -0.39 is 6.10 Å². The number of pyridine rings is 1. The van der Waals surface area contributed by atoms with E-state index in [9.17, 15) is 5.11 Å². The zero-order valence-electron chi connectivity index (χ0n) is 10.4. The fourth-order valence-electron chi connectivity index (χ4n) is 1.51. The van der Waals surface area contributed by atoms with Crippen LogP contribution in [-0.4, -0.2) is 26.2 Å². The first-order valence-corrected chi connectivity index (χ1v) is 5.71. The van der Waals surface area contributed by atoms with Crippen LogP contribution in [-0.2, 0) is 6.42 Å². The van der Waals surface area contributed by atoms with Gasteiger partial charge in [-0.1, -0.05) is 20.8 Å². The van der Waals surface area contributed by atoms with Gasteiger partial charge in [-0.25, -0.2) is 9.97 Å². The van der Waals surface area contributed by atoms with Gasteiger partial charge in [0.2, 0.25) is 0 Å². The molecule has 2 rings (SSSR count). The van der Waals surface area contributed by atoms with Gasteiger partial charge in [-0.3, -0.25) is 4.98 Å². The molecule has 0 saturated heterocycles. The van der Waals surface area contributed by atoms with Crippen molar-refractivity contribution in [3.63, 3.8) is 0 Å². The van der Waals surface area contributed by atoms with E-state index in [1.165, 1.54) is 0 Å². The minimum Gasteiger partial charge on any atom is -0.392 e. The van der Waals surface area contributed by atoms with Gasteiger partial charge in [0.05, 0.1) is 6.10 Å². The van der Waals surface area contributed by atoms with Crippen LogP contribution in [0.15, 0.2) is 24.5 Å². The van der Waals surface area contributed by atoms with Crippen LogP contribution >= 0.6 is 0 Å². The molecule has 90 valence electrons. The van der Waals surface area contributed by atoms with Gasteiger partial charge >= 0.3 is 0 Å². The van der Waals surface area contributed by atoms with Crippen molar-refractivity contribution in [3.8, 4) is 0 Å². The summed E-state index contributed by atoms with van der Waals surface area (Å²) in [5, 5.41) is 10.0. The first-order valence-electron chi connectivity index (χ1n) is 5.71. The van der Waals surface area contributed by atoms with Gasteiger partial charge in [0.25, 0.3) is 0 Å². The van der Waals surface area contributed by atoms with Gasteiger partial charge in [-0.2, -0.15) is 0 Å². The molecular formula is C13H17N3O. The molecule has 4 nitrogen and oxygen atoms in total. The van der Waals surface area contributed by atoms with Crippen molar-refractivity contribution in [2.75, 3.05) is 0 Å². The molecule has 0 aliphatic carbocycles. The molecule has 17 heavy (non-hydrogen) atoms. The van der Waals surface area contributed by atoms with E-state index in [2.05, 4.69) is 15.0 Å². The highest BCUT2D eigenvalue weighted by molar-refractivity contribution is 5.68. The number of aliphatic hydroxyl groups is 1. The third kappa shape index (κ3) is 2.77. The Balaban J connectivity index is 2.25. The summed E-state index contributed by atoms with van der Waals surface area (Å²) in [5.41, 5.74) is 2.12. The quantitative estimate of drug-likeness (QED) is 0.858. The van der Waals surface area contributed by atoms with E-state index in [0.717, 1.165) is 11.2 Å². The van der Waals surface area contributed by atoms with Gasteiger partial charge in [0.1, 0.15) is 5.52 Å². The molecule has 0 spiro atoms. The molecule has 1 unspecified atom stereocenters. The summed E-state index contributed by atoms with van der Waals surface area (Å²) in [6, 6.07) is 3.78. The fourth-order valence-corrected chi connectivity index (χ4v) is 1.51. The topological polar surface area (TPSA) is 58.9 Å². The Labute approximate surface area is 101 Å². The molecule has 0 amide bonds. The highest BCUT2D eigenvalue weighted by Crippen LogP contribution is 2.22. The average Bonchev–Trinajstić information content (AvgIpc) is 2.27. The van der Waals surface area contributed by atoms with Crippen molar-refractivity contribution in [1.29, 1.82) is 0 Å². The normalized spacial score (nSPS) is 13.9. The first kappa shape index (κ1) is 11.9. The van der Waals surface area contributed by atoms with Gasteiger partial charge in [0.15, 0.2) is 5.65 Å². The number of fused-ring (bicyclic) bond motifs is 1. The minimum atomic E-state index is -0.413. The fraction of sp³-hybridized carbons (Fsp3) is 0.462. The van der Waals surface area contributed by atoms with E-state index in [0.29, 0.717) is 12.1 Å². The molecule has 0 bridgehead atoms. The van der Waals surface area contributed by atoms with E-state index in [1.807, 2.05) is 32.9 Å². The van der Waals surface area contributed by atoms with Crippen molar-refractivity contribution >= 4 is 11.2 Å². The van der Waals surface area contributed by atoms with Gasteiger partial charge in [0, 0.05) is 24.5 Å². The van der Waals surface area contributed by atoms with Crippen LogP contribution in [0.3, 0.4) is 0 Å². The maximum absolute atomic E-state index is 10.0. The number of rotatable bonds is 2. The highest BCUT2D eigenvalue weighted by Gasteiger charge is 2.22. The summed E-state index contributed by atoms with van der Waals surface area (Å²) in [6.07, 6.45) is 3.40. The SMILES string of the molecule is CC(C)(C)C(O)Cc1ccc2nccnc2n1. The Morgan fingerprint density at radius 3 is 2.59 bits per heavy atom. The molecule has 0 aromatic carbocycles. The number of hydrogen-bond acceptors (Lipinski definition) is 4. The Hall–Kier alpha value is -1.55. The van der Waals surface area contributed by atoms with Crippen molar-refractivity contribution in [2.45, 2.75) is 33.3 Å². The van der Waals surface area contributed by atoms with Crippen molar-refractivity contribution in [2.24, 2.45) is 5.41 Å². The lowest BCUT2D eigenvalue weighted by Crippen LogP contribution is -2.28. The average molecular weight is 231 g/mol. The molecule has 0 radical (unpaired) electrons. The Morgan fingerprint density at radius 1 is 1.18 bits per heavy atom. The van der Waals surface area contributed by atoms with Gasteiger partial charge in [-0.15, -0.1) is 0 Å². The van der Waals surface area contributed by atoms with Crippen LogP contribution in [0.4, 0.5) is 0 Å². The van der Waals surface area contributed by atoms with E-state index in [4.69, 9.17) is 0 Å². The third-order valence-corrected chi connectivity index (χ3v) is 2.79. The minimum absolute atomic E-state index is 0.140. The molecule has 2 aromatic rings. The molecule has 1 atom stereocenters. The summed E-state index contributed by atoms with van der Waals surface area (Å²) in [5.74, 6) is 0. The lowest BCUT2D eigenvalue weighted by Gasteiger charge is -2.25. The van der Waals surface area contributed by atoms with E-state index in [-0.39, 0.29) is 5.41 Å². The van der Waals surface area contributed by atoms with Crippen LogP contribution in [0.2, 0.25) is 0 Å². The molecule has 4 heteroatoms. The second kappa shape index (κ2) is 4.37. The summed E-state index contributed by atoms with van der Waals surface area (Å²) >= 11 is 0. The molecule has 0 saturated carbocycles. The van der Waals surface area contributed by atoms with Gasteiger partial charge in [-0.05, 0) is 17.5 Å². The van der Waals surface area contributed by atoms with Crippen LogP contribution in [0.25, 0.3) is 11.2 Å². The van der Waals surface area contributed by atoms with Crippen LogP contribution < -0.4 is 0 Å². The summed E-state index contributed by atoms with van der Waals surface area (Å²) in [4.78, 5) is 12.7.